The van der Waals surface area contributed by atoms with E-state index in [2.05, 4.69) is 4.98 Å². The number of rotatable bonds is 8. The summed E-state index contributed by atoms with van der Waals surface area (Å²) < 4.78 is 5.14. The van der Waals surface area contributed by atoms with Crippen molar-refractivity contribution in [1.82, 2.24) is 9.88 Å². The summed E-state index contributed by atoms with van der Waals surface area (Å²) in [6.07, 6.45) is 0.594. The number of aromatic nitrogens is 1. The zero-order valence-corrected chi connectivity index (χ0v) is 19.7. The van der Waals surface area contributed by atoms with Gasteiger partial charge in [-0.3, -0.25) is 9.59 Å². The molecule has 0 radical (unpaired) electrons. The number of amides is 1. The molecule has 0 bridgehead atoms. The fourth-order valence-corrected chi connectivity index (χ4v) is 5.14. The lowest BCUT2D eigenvalue weighted by Crippen LogP contribution is -2.32. The number of benzene rings is 2. The van der Waals surface area contributed by atoms with Crippen LogP contribution in [0.15, 0.2) is 65.9 Å². The molecule has 1 amide bonds. The van der Waals surface area contributed by atoms with Gasteiger partial charge in [0, 0.05) is 25.8 Å². The third-order valence-corrected chi connectivity index (χ3v) is 6.88. The van der Waals surface area contributed by atoms with Gasteiger partial charge in [-0.25, -0.2) is 4.98 Å². The Morgan fingerprint density at radius 3 is 2.61 bits per heavy atom. The highest BCUT2D eigenvalue weighted by Gasteiger charge is 2.44. The maximum Gasteiger partial charge on any atom is 0.290 e. The van der Waals surface area contributed by atoms with Crippen LogP contribution in [-0.2, 0) is 9.53 Å². The van der Waals surface area contributed by atoms with Crippen molar-refractivity contribution in [3.63, 3.8) is 0 Å². The molecular formula is C26H26N2O4S. The van der Waals surface area contributed by atoms with Crippen LogP contribution in [0.3, 0.4) is 0 Å². The van der Waals surface area contributed by atoms with Gasteiger partial charge in [-0.2, -0.15) is 0 Å². The molecule has 2 aromatic carbocycles. The molecule has 2 heterocycles. The molecule has 1 atom stereocenters. The Morgan fingerprint density at radius 1 is 1.15 bits per heavy atom. The van der Waals surface area contributed by atoms with Crippen molar-refractivity contribution in [3.8, 4) is 10.6 Å². The second kappa shape index (κ2) is 9.68. The molecule has 0 aliphatic carbocycles. The van der Waals surface area contributed by atoms with Crippen LogP contribution in [0.1, 0.15) is 39.0 Å². The van der Waals surface area contributed by atoms with E-state index >= 15 is 0 Å². The first kappa shape index (κ1) is 22.9. The third-order valence-electron chi connectivity index (χ3n) is 5.68. The summed E-state index contributed by atoms with van der Waals surface area (Å²) in [6.45, 7) is 4.58. The molecule has 4 rings (SSSR count). The Balaban J connectivity index is 1.76. The minimum Gasteiger partial charge on any atom is -0.503 e. The van der Waals surface area contributed by atoms with Gasteiger partial charge >= 0.3 is 0 Å². The predicted octanol–water partition coefficient (Wildman–Crippen LogP) is 5.04. The summed E-state index contributed by atoms with van der Waals surface area (Å²) in [5.41, 5.74) is 3.41. The molecule has 3 aromatic rings. The topological polar surface area (TPSA) is 79.7 Å². The van der Waals surface area contributed by atoms with Crippen LogP contribution in [0, 0.1) is 13.8 Å². The number of aryl methyl sites for hydroxylation is 2. The predicted molar refractivity (Wildman–Crippen MR) is 128 cm³/mol. The summed E-state index contributed by atoms with van der Waals surface area (Å²) in [7, 11) is 1.60. The monoisotopic (exact) mass is 462 g/mol. The van der Waals surface area contributed by atoms with Crippen molar-refractivity contribution in [1.29, 1.82) is 0 Å². The standard InChI is InChI=1S/C26H26N2O4S/c1-16-9-7-12-19(15-16)21-20(23(30)26(31)28(21)13-8-14-32-3)22(29)24-17(2)27-25(33-24)18-10-5-4-6-11-18/h4-7,9-12,15,21,30H,8,13-14H2,1-3H3. The van der Waals surface area contributed by atoms with Gasteiger partial charge in [0.05, 0.1) is 22.2 Å². The van der Waals surface area contributed by atoms with Crippen LogP contribution in [0.5, 0.6) is 0 Å². The number of thiazole rings is 1. The second-order valence-electron chi connectivity index (χ2n) is 8.05. The van der Waals surface area contributed by atoms with E-state index in [1.807, 2.05) is 61.5 Å². The number of carbonyl (C=O) groups is 2. The normalized spacial score (nSPS) is 16.0. The maximum atomic E-state index is 13.8. The van der Waals surface area contributed by atoms with E-state index in [0.29, 0.717) is 30.1 Å². The number of aliphatic hydroxyl groups excluding tert-OH is 1. The maximum absolute atomic E-state index is 13.8. The van der Waals surface area contributed by atoms with Gasteiger partial charge in [-0.1, -0.05) is 60.2 Å². The fraction of sp³-hybridized carbons (Fsp3) is 0.269. The molecule has 0 saturated heterocycles. The van der Waals surface area contributed by atoms with Gasteiger partial charge in [0.25, 0.3) is 5.91 Å². The van der Waals surface area contributed by atoms with E-state index in [1.165, 1.54) is 11.3 Å². The van der Waals surface area contributed by atoms with E-state index in [9.17, 15) is 14.7 Å². The summed E-state index contributed by atoms with van der Waals surface area (Å²) in [4.78, 5) is 33.4. The largest absolute Gasteiger partial charge is 0.503 e. The minimum absolute atomic E-state index is 0.106. The Bertz CT molecular complexity index is 1220. The zero-order chi connectivity index (χ0) is 23.5. The summed E-state index contributed by atoms with van der Waals surface area (Å²) >= 11 is 1.28. The average molecular weight is 463 g/mol. The minimum atomic E-state index is -0.663. The highest BCUT2D eigenvalue weighted by molar-refractivity contribution is 7.17. The number of carbonyl (C=O) groups excluding carboxylic acids is 2. The first-order valence-corrected chi connectivity index (χ1v) is 11.6. The molecule has 7 heteroatoms. The van der Waals surface area contributed by atoms with Crippen LogP contribution in [0.4, 0.5) is 0 Å². The van der Waals surface area contributed by atoms with E-state index in [0.717, 1.165) is 21.7 Å². The number of ether oxygens (including phenoxy) is 1. The van der Waals surface area contributed by atoms with Gasteiger partial charge in [0.15, 0.2) is 5.76 Å². The van der Waals surface area contributed by atoms with Gasteiger partial charge < -0.3 is 14.7 Å². The molecule has 33 heavy (non-hydrogen) atoms. The molecule has 1 aliphatic heterocycles. The molecular weight excluding hydrogens is 436 g/mol. The van der Waals surface area contributed by atoms with Crippen LogP contribution in [0.25, 0.3) is 10.6 Å². The van der Waals surface area contributed by atoms with Crippen molar-refractivity contribution in [2.24, 2.45) is 0 Å². The van der Waals surface area contributed by atoms with E-state index < -0.39 is 17.7 Å². The lowest BCUT2D eigenvalue weighted by atomic mass is 9.94. The van der Waals surface area contributed by atoms with Crippen LogP contribution < -0.4 is 0 Å². The molecule has 0 saturated carbocycles. The number of hydrogen-bond acceptors (Lipinski definition) is 6. The Labute approximate surface area is 197 Å². The number of ketones is 1. The van der Waals surface area contributed by atoms with Gasteiger partial charge in [-0.05, 0) is 25.8 Å². The SMILES string of the molecule is COCCCN1C(=O)C(O)=C(C(=O)c2sc(-c3ccccc3)nc2C)C1c1cccc(C)c1. The highest BCUT2D eigenvalue weighted by atomic mass is 32.1. The average Bonchev–Trinajstić information content (AvgIpc) is 3.32. The van der Waals surface area contributed by atoms with E-state index in [1.54, 1.807) is 18.9 Å². The highest BCUT2D eigenvalue weighted by Crippen LogP contribution is 2.41. The summed E-state index contributed by atoms with van der Waals surface area (Å²) in [6, 6.07) is 16.7. The lowest BCUT2D eigenvalue weighted by molar-refractivity contribution is -0.129. The number of aliphatic hydroxyl groups is 1. The molecule has 1 aliphatic rings. The lowest BCUT2D eigenvalue weighted by Gasteiger charge is -2.27. The smallest absolute Gasteiger partial charge is 0.290 e. The third kappa shape index (κ3) is 4.47. The number of methoxy groups -OCH3 is 1. The molecule has 1 N–H and O–H groups in total. The Hall–Kier alpha value is -3.29. The second-order valence-corrected chi connectivity index (χ2v) is 9.05. The van der Waals surface area contributed by atoms with Crippen molar-refractivity contribution in [2.45, 2.75) is 26.3 Å². The first-order valence-electron chi connectivity index (χ1n) is 10.8. The Kier molecular flexibility index (Phi) is 6.72. The van der Waals surface area contributed by atoms with Crippen molar-refractivity contribution >= 4 is 23.0 Å². The van der Waals surface area contributed by atoms with Crippen molar-refractivity contribution in [2.75, 3.05) is 20.3 Å². The van der Waals surface area contributed by atoms with Crippen LogP contribution in [-0.4, -0.2) is 46.9 Å². The van der Waals surface area contributed by atoms with Crippen LogP contribution in [0.2, 0.25) is 0 Å². The number of hydrogen-bond donors (Lipinski definition) is 1. The molecule has 0 fully saturated rings. The quantitative estimate of drug-likeness (QED) is 0.375. The summed E-state index contributed by atoms with van der Waals surface area (Å²) in [5, 5.41) is 11.6. The fourth-order valence-electron chi connectivity index (χ4n) is 4.12. The van der Waals surface area contributed by atoms with Gasteiger partial charge in [0.1, 0.15) is 5.01 Å². The number of nitrogens with zero attached hydrogens (tertiary/aromatic N) is 2. The molecule has 170 valence electrons. The van der Waals surface area contributed by atoms with Crippen molar-refractivity contribution in [3.05, 3.63) is 87.6 Å². The van der Waals surface area contributed by atoms with Crippen molar-refractivity contribution < 1.29 is 19.4 Å². The van der Waals surface area contributed by atoms with E-state index in [4.69, 9.17) is 4.74 Å². The van der Waals surface area contributed by atoms with Crippen LogP contribution >= 0.6 is 11.3 Å². The molecule has 0 spiro atoms. The van der Waals surface area contributed by atoms with Gasteiger partial charge in [-0.15, -0.1) is 11.3 Å². The van der Waals surface area contributed by atoms with Gasteiger partial charge in [0.2, 0.25) is 5.78 Å². The Morgan fingerprint density at radius 2 is 1.91 bits per heavy atom. The summed E-state index contributed by atoms with van der Waals surface area (Å²) in [5.74, 6) is -1.39. The number of Topliss-reactive ketones (excluding diaryl/α,β-unsaturated/α-hetero) is 1. The molecule has 1 unspecified atom stereocenters. The molecule has 6 nitrogen and oxygen atoms in total. The van der Waals surface area contributed by atoms with E-state index in [-0.39, 0.29) is 11.4 Å². The molecule has 1 aromatic heterocycles. The first-order chi connectivity index (χ1) is 15.9. The zero-order valence-electron chi connectivity index (χ0n) is 18.9.